The van der Waals surface area contributed by atoms with Crippen LogP contribution in [0.1, 0.15) is 44.1 Å². The van der Waals surface area contributed by atoms with Crippen LogP contribution in [0.15, 0.2) is 18.2 Å². The second-order valence-corrected chi connectivity index (χ2v) is 10.5. The van der Waals surface area contributed by atoms with Gasteiger partial charge in [0.05, 0.1) is 26.7 Å². The predicted octanol–water partition coefficient (Wildman–Crippen LogP) is 2.83. The topological polar surface area (TPSA) is 71.6 Å². The normalized spacial score (nSPS) is 24.5. The van der Waals surface area contributed by atoms with Crippen LogP contribution in [0, 0.1) is 11.8 Å². The maximum atomic E-state index is 13.7. The molecule has 4 rings (SSSR count). The molecule has 0 radical (unpaired) electrons. The van der Waals surface area contributed by atoms with E-state index in [9.17, 15) is 9.59 Å². The molecule has 3 aliphatic heterocycles. The van der Waals surface area contributed by atoms with Crippen molar-refractivity contribution < 1.29 is 23.8 Å². The third kappa shape index (κ3) is 6.32. The highest BCUT2D eigenvalue weighted by molar-refractivity contribution is 5.89. The van der Waals surface area contributed by atoms with Gasteiger partial charge in [0.2, 0.25) is 11.8 Å². The van der Waals surface area contributed by atoms with Crippen molar-refractivity contribution in [2.75, 3.05) is 67.2 Å². The van der Waals surface area contributed by atoms with Gasteiger partial charge >= 0.3 is 0 Å². The minimum Gasteiger partial charge on any atom is -0.493 e. The average molecular weight is 502 g/mol. The molecule has 0 N–H and O–H groups in total. The zero-order valence-corrected chi connectivity index (χ0v) is 22.2. The quantitative estimate of drug-likeness (QED) is 0.464. The average Bonchev–Trinajstić information content (AvgIpc) is 3.29. The van der Waals surface area contributed by atoms with Gasteiger partial charge in [-0.05, 0) is 68.8 Å². The fraction of sp³-hybridized carbons (Fsp3) is 0.714. The van der Waals surface area contributed by atoms with Crippen LogP contribution in [-0.4, -0.2) is 99.8 Å². The van der Waals surface area contributed by atoms with Gasteiger partial charge in [-0.2, -0.15) is 0 Å². The second kappa shape index (κ2) is 12.8. The lowest BCUT2D eigenvalue weighted by atomic mass is 9.83. The summed E-state index contributed by atoms with van der Waals surface area (Å²) in [6.07, 6.45) is 7.21. The summed E-state index contributed by atoms with van der Waals surface area (Å²) in [5.41, 5.74) is 1.08. The number of ether oxygens (including phenoxy) is 3. The Balaban J connectivity index is 1.36. The van der Waals surface area contributed by atoms with Crippen LogP contribution in [-0.2, 0) is 20.7 Å². The summed E-state index contributed by atoms with van der Waals surface area (Å²) in [6.45, 7) is 5.37. The van der Waals surface area contributed by atoms with Gasteiger partial charge in [0.25, 0.3) is 0 Å². The van der Waals surface area contributed by atoms with Gasteiger partial charge in [-0.3, -0.25) is 9.59 Å². The number of hydrogen-bond donors (Lipinski definition) is 0. The minimum atomic E-state index is -0.272. The highest BCUT2D eigenvalue weighted by Gasteiger charge is 2.39. The number of piperidine rings is 2. The summed E-state index contributed by atoms with van der Waals surface area (Å²) in [4.78, 5) is 33.0. The summed E-state index contributed by atoms with van der Waals surface area (Å²) in [6, 6.07) is 6.43. The van der Waals surface area contributed by atoms with Crippen molar-refractivity contribution in [1.82, 2.24) is 14.7 Å². The number of amides is 2. The zero-order chi connectivity index (χ0) is 25.5. The van der Waals surface area contributed by atoms with Crippen molar-refractivity contribution in [3.63, 3.8) is 0 Å². The highest BCUT2D eigenvalue weighted by atomic mass is 16.5. The summed E-state index contributed by atoms with van der Waals surface area (Å²) >= 11 is 0. The van der Waals surface area contributed by atoms with Crippen molar-refractivity contribution in [3.8, 4) is 11.5 Å². The van der Waals surface area contributed by atoms with Gasteiger partial charge in [0, 0.05) is 45.8 Å². The molecule has 8 heteroatoms. The van der Waals surface area contributed by atoms with Gasteiger partial charge in [-0.15, -0.1) is 0 Å². The molecule has 36 heavy (non-hydrogen) atoms. The van der Waals surface area contributed by atoms with Gasteiger partial charge in [-0.1, -0.05) is 12.5 Å². The summed E-state index contributed by atoms with van der Waals surface area (Å²) in [5.74, 6) is 1.79. The molecule has 0 unspecified atom stereocenters. The van der Waals surface area contributed by atoms with E-state index in [1.165, 1.54) is 45.2 Å². The molecule has 0 spiro atoms. The fourth-order valence-corrected chi connectivity index (χ4v) is 6.28. The molecule has 3 saturated heterocycles. The summed E-state index contributed by atoms with van der Waals surface area (Å²) in [7, 11) is 4.92. The number of rotatable bonds is 11. The molecule has 200 valence electrons. The van der Waals surface area contributed by atoms with Crippen LogP contribution in [0.2, 0.25) is 0 Å². The van der Waals surface area contributed by atoms with Gasteiger partial charge in [0.1, 0.15) is 0 Å². The van der Waals surface area contributed by atoms with Crippen LogP contribution in [0.3, 0.4) is 0 Å². The monoisotopic (exact) mass is 501 g/mol. The number of likely N-dealkylation sites (tertiary alicyclic amines) is 1. The number of benzene rings is 1. The van der Waals surface area contributed by atoms with E-state index < -0.39 is 0 Å². The molecule has 3 aliphatic rings. The molecular weight excluding hydrogens is 458 g/mol. The van der Waals surface area contributed by atoms with Crippen LogP contribution < -0.4 is 9.47 Å². The fourth-order valence-electron chi connectivity index (χ4n) is 6.28. The summed E-state index contributed by atoms with van der Waals surface area (Å²) in [5, 5.41) is 0. The summed E-state index contributed by atoms with van der Waals surface area (Å²) < 4.78 is 16.1. The van der Waals surface area contributed by atoms with Crippen molar-refractivity contribution in [3.05, 3.63) is 23.8 Å². The Morgan fingerprint density at radius 2 is 1.86 bits per heavy atom. The largest absolute Gasteiger partial charge is 0.493 e. The van der Waals surface area contributed by atoms with Crippen LogP contribution in [0.5, 0.6) is 11.5 Å². The molecule has 3 atom stereocenters. The van der Waals surface area contributed by atoms with Gasteiger partial charge in [-0.25, -0.2) is 0 Å². The molecule has 0 saturated carbocycles. The first kappa shape index (κ1) is 26.7. The molecule has 1 aromatic carbocycles. The van der Waals surface area contributed by atoms with E-state index in [4.69, 9.17) is 14.2 Å². The molecular formula is C28H43N3O5. The molecule has 0 aliphatic carbocycles. The number of nitrogens with zero attached hydrogens (tertiary/aromatic N) is 3. The molecule has 0 bridgehead atoms. The Kier molecular flexibility index (Phi) is 9.48. The maximum absolute atomic E-state index is 13.7. The van der Waals surface area contributed by atoms with Crippen LogP contribution in [0.4, 0.5) is 0 Å². The Morgan fingerprint density at radius 3 is 2.64 bits per heavy atom. The van der Waals surface area contributed by atoms with Crippen molar-refractivity contribution in [1.29, 1.82) is 0 Å². The number of carbonyl (C=O) groups is 2. The first-order valence-electron chi connectivity index (χ1n) is 13.5. The van der Waals surface area contributed by atoms with E-state index in [0.29, 0.717) is 62.5 Å². The lowest BCUT2D eigenvalue weighted by Crippen LogP contribution is -2.52. The van der Waals surface area contributed by atoms with E-state index >= 15 is 0 Å². The number of hydrogen-bond acceptors (Lipinski definition) is 6. The third-order valence-corrected chi connectivity index (χ3v) is 8.24. The first-order chi connectivity index (χ1) is 17.5. The van der Waals surface area contributed by atoms with Gasteiger partial charge < -0.3 is 28.9 Å². The lowest BCUT2D eigenvalue weighted by Gasteiger charge is -2.46. The molecule has 3 heterocycles. The Hall–Kier alpha value is -2.32. The van der Waals surface area contributed by atoms with Crippen molar-refractivity contribution in [2.45, 2.75) is 51.0 Å². The molecule has 1 aromatic rings. The second-order valence-electron chi connectivity index (χ2n) is 10.5. The van der Waals surface area contributed by atoms with E-state index in [0.717, 1.165) is 12.1 Å². The Morgan fingerprint density at radius 1 is 1.06 bits per heavy atom. The number of methoxy groups -OCH3 is 3. The standard InChI is InChI=1S/C28H43N3O5/c1-34-16-15-31(19-22-7-6-13-29-12-5-4-8-24(22)29)28(33)23-18-27(32)30(20-23)14-11-21-9-10-25(35-2)26(17-21)36-3/h9-10,17,22-24H,4-8,11-16,18-20H2,1-3H3/t22-,23-,24+/m0/s1. The van der Waals surface area contributed by atoms with Gasteiger partial charge in [0.15, 0.2) is 11.5 Å². The van der Waals surface area contributed by atoms with Crippen molar-refractivity contribution >= 4 is 11.8 Å². The van der Waals surface area contributed by atoms with E-state index in [2.05, 4.69) is 4.90 Å². The highest BCUT2D eigenvalue weighted by Crippen LogP contribution is 2.32. The molecule has 0 aromatic heterocycles. The van der Waals surface area contributed by atoms with E-state index in [1.807, 2.05) is 28.0 Å². The Bertz CT molecular complexity index is 892. The Labute approximate surface area is 215 Å². The molecule has 2 amide bonds. The number of carbonyl (C=O) groups excluding carboxylic acids is 2. The maximum Gasteiger partial charge on any atom is 0.228 e. The minimum absolute atomic E-state index is 0.0663. The lowest BCUT2D eigenvalue weighted by molar-refractivity contribution is -0.137. The molecule has 3 fully saturated rings. The van der Waals surface area contributed by atoms with E-state index in [1.54, 1.807) is 21.3 Å². The smallest absolute Gasteiger partial charge is 0.228 e. The van der Waals surface area contributed by atoms with Crippen molar-refractivity contribution in [2.24, 2.45) is 11.8 Å². The van der Waals surface area contributed by atoms with Crippen LogP contribution >= 0.6 is 0 Å². The number of fused-ring (bicyclic) bond motifs is 1. The van der Waals surface area contributed by atoms with Crippen LogP contribution in [0.25, 0.3) is 0 Å². The first-order valence-corrected chi connectivity index (χ1v) is 13.5. The third-order valence-electron chi connectivity index (χ3n) is 8.24. The molecule has 8 nitrogen and oxygen atoms in total. The van der Waals surface area contributed by atoms with E-state index in [-0.39, 0.29) is 17.7 Å². The zero-order valence-electron chi connectivity index (χ0n) is 22.2. The predicted molar refractivity (Wildman–Crippen MR) is 138 cm³/mol. The SMILES string of the molecule is COCCN(C[C@@H]1CCCN2CCCC[C@H]12)C(=O)[C@H]1CC(=O)N(CCc2ccc(OC)c(OC)c2)C1.